The fraction of sp³-hybridized carbons (Fsp3) is 0.190. The van der Waals surface area contributed by atoms with Crippen LogP contribution in [0.4, 0.5) is 4.39 Å². The second-order valence-electron chi connectivity index (χ2n) is 6.05. The van der Waals surface area contributed by atoms with E-state index in [4.69, 9.17) is 11.6 Å². The van der Waals surface area contributed by atoms with Gasteiger partial charge in [0.05, 0.1) is 12.2 Å². The van der Waals surface area contributed by atoms with E-state index < -0.39 is 0 Å². The number of hydrogen-bond acceptors (Lipinski definition) is 1. The Hall–Kier alpha value is -2.23. The molecule has 0 amide bonds. The second-order valence-corrected chi connectivity index (χ2v) is 6.48. The topological polar surface area (TPSA) is 29.5 Å². The molecule has 0 radical (unpaired) electrons. The number of benzene rings is 2. The maximum Gasteiger partial charge on any atom is 0.123 e. The first-order valence-electron chi connectivity index (χ1n) is 8.45. The minimum Gasteiger partial charge on any atom is -0.341 e. The van der Waals surface area contributed by atoms with E-state index in [0.717, 1.165) is 35.8 Å². The highest BCUT2D eigenvalue weighted by Crippen LogP contribution is 2.28. The summed E-state index contributed by atoms with van der Waals surface area (Å²) in [6.45, 7) is 1.82. The Morgan fingerprint density at radius 1 is 0.920 bits per heavy atom. The number of halogens is 2. The van der Waals surface area contributed by atoms with Crippen LogP contribution in [0.25, 0.3) is 0 Å². The molecule has 0 saturated carbocycles. The molecular weight excluding hydrogens is 335 g/mol. The first-order valence-corrected chi connectivity index (χ1v) is 8.82. The summed E-state index contributed by atoms with van der Waals surface area (Å²) in [5.41, 5.74) is 3.39. The average Bonchev–Trinajstić information content (AvgIpc) is 2.65. The lowest BCUT2D eigenvalue weighted by Gasteiger charge is -2.17. The van der Waals surface area contributed by atoms with Gasteiger partial charge in [0, 0.05) is 23.6 Å². The fourth-order valence-corrected chi connectivity index (χ4v) is 3.10. The van der Waals surface area contributed by atoms with Crippen LogP contribution in [0.3, 0.4) is 0 Å². The predicted octanol–water partition coefficient (Wildman–Crippen LogP) is 4.16. The van der Waals surface area contributed by atoms with Crippen molar-refractivity contribution < 1.29 is 9.71 Å². The molecule has 2 nitrogen and oxygen atoms in total. The maximum absolute atomic E-state index is 13.3. The van der Waals surface area contributed by atoms with Crippen molar-refractivity contribution >= 4 is 11.6 Å². The highest BCUT2D eigenvalue weighted by atomic mass is 35.5. The molecule has 1 atom stereocenters. The van der Waals surface area contributed by atoms with E-state index in [1.54, 1.807) is 0 Å². The lowest BCUT2D eigenvalue weighted by Crippen LogP contribution is -2.82. The highest BCUT2D eigenvalue weighted by Gasteiger charge is 2.15. The van der Waals surface area contributed by atoms with Crippen molar-refractivity contribution in [3.05, 3.63) is 101 Å². The summed E-state index contributed by atoms with van der Waals surface area (Å²) < 4.78 is 13.3. The Kier molecular flexibility index (Phi) is 6.15. The number of aromatic nitrogens is 1. The van der Waals surface area contributed by atoms with Crippen molar-refractivity contribution in [3.63, 3.8) is 0 Å². The van der Waals surface area contributed by atoms with Crippen LogP contribution >= 0.6 is 11.6 Å². The van der Waals surface area contributed by atoms with Gasteiger partial charge in [0.2, 0.25) is 0 Å². The Balaban J connectivity index is 1.68. The SMILES string of the molecule is Fc1ccc([C@@H](CC[NH2+]Cc2ccccn2)c2ccc(Cl)cc2)cc1. The van der Waals surface area contributed by atoms with Crippen molar-refractivity contribution in [2.75, 3.05) is 6.54 Å². The van der Waals surface area contributed by atoms with Crippen LogP contribution in [-0.2, 0) is 6.54 Å². The molecule has 0 aliphatic carbocycles. The van der Waals surface area contributed by atoms with Crippen molar-refractivity contribution in [1.29, 1.82) is 0 Å². The third-order valence-corrected chi connectivity index (χ3v) is 4.54. The number of nitrogens with zero attached hydrogens (tertiary/aromatic N) is 1. The van der Waals surface area contributed by atoms with Crippen LogP contribution in [0, 0.1) is 5.82 Å². The standard InChI is InChI=1S/C21H20ClFN2/c22-18-8-4-16(5-9-18)21(17-6-10-19(23)11-7-17)12-14-24-15-20-3-1-2-13-25-20/h1-11,13,21,24H,12,14-15H2/p+1/t21-/m0/s1. The van der Waals surface area contributed by atoms with Gasteiger partial charge in [-0.15, -0.1) is 0 Å². The molecule has 2 N–H and O–H groups in total. The molecule has 0 spiro atoms. The molecule has 4 heteroatoms. The van der Waals surface area contributed by atoms with E-state index in [0.29, 0.717) is 0 Å². The zero-order chi connectivity index (χ0) is 17.5. The molecule has 0 saturated heterocycles. The van der Waals surface area contributed by atoms with Gasteiger partial charge in [0.1, 0.15) is 12.4 Å². The average molecular weight is 356 g/mol. The van der Waals surface area contributed by atoms with Crippen molar-refractivity contribution in [2.45, 2.75) is 18.9 Å². The van der Waals surface area contributed by atoms with Gasteiger partial charge in [-0.05, 0) is 47.5 Å². The van der Waals surface area contributed by atoms with E-state index in [1.165, 1.54) is 17.7 Å². The molecule has 3 aromatic rings. The Bertz CT molecular complexity index is 728. The number of quaternary nitrogens is 1. The number of hydrogen-bond donors (Lipinski definition) is 1. The van der Waals surface area contributed by atoms with Gasteiger partial charge in [-0.3, -0.25) is 4.98 Å². The fourth-order valence-electron chi connectivity index (χ4n) is 2.97. The monoisotopic (exact) mass is 355 g/mol. The van der Waals surface area contributed by atoms with Crippen molar-refractivity contribution in [2.24, 2.45) is 0 Å². The first-order chi connectivity index (χ1) is 12.2. The van der Waals surface area contributed by atoms with Crippen LogP contribution in [-0.4, -0.2) is 11.5 Å². The molecule has 1 aromatic heterocycles. The van der Waals surface area contributed by atoms with E-state index >= 15 is 0 Å². The van der Waals surface area contributed by atoms with Crippen LogP contribution in [0.2, 0.25) is 5.02 Å². The summed E-state index contributed by atoms with van der Waals surface area (Å²) in [7, 11) is 0. The largest absolute Gasteiger partial charge is 0.341 e. The Morgan fingerprint density at radius 2 is 1.60 bits per heavy atom. The molecule has 25 heavy (non-hydrogen) atoms. The third-order valence-electron chi connectivity index (χ3n) is 4.28. The molecule has 0 bridgehead atoms. The second kappa shape index (κ2) is 8.75. The Morgan fingerprint density at radius 3 is 2.24 bits per heavy atom. The molecule has 1 heterocycles. The Labute approximate surface area is 152 Å². The molecule has 0 aliphatic rings. The van der Waals surface area contributed by atoms with E-state index in [9.17, 15) is 4.39 Å². The molecule has 0 unspecified atom stereocenters. The number of nitrogens with two attached hydrogens (primary N) is 1. The van der Waals surface area contributed by atoms with Crippen LogP contribution in [0.5, 0.6) is 0 Å². The molecule has 3 rings (SSSR count). The van der Waals surface area contributed by atoms with Crippen molar-refractivity contribution in [1.82, 2.24) is 4.98 Å². The number of pyridine rings is 1. The van der Waals surface area contributed by atoms with E-state index in [-0.39, 0.29) is 11.7 Å². The highest BCUT2D eigenvalue weighted by molar-refractivity contribution is 6.30. The maximum atomic E-state index is 13.3. The summed E-state index contributed by atoms with van der Waals surface area (Å²) in [6, 6.07) is 20.7. The summed E-state index contributed by atoms with van der Waals surface area (Å²) >= 11 is 6.02. The molecular formula is C21H21ClFN2+. The van der Waals surface area contributed by atoms with Crippen LogP contribution in [0.1, 0.15) is 29.2 Å². The minimum atomic E-state index is -0.208. The third kappa shape index (κ3) is 5.12. The lowest BCUT2D eigenvalue weighted by atomic mass is 9.88. The van der Waals surface area contributed by atoms with Crippen molar-refractivity contribution in [3.8, 4) is 0 Å². The minimum absolute atomic E-state index is 0.208. The zero-order valence-corrected chi connectivity index (χ0v) is 14.7. The summed E-state index contributed by atoms with van der Waals surface area (Å²) in [5.74, 6) is 0.0122. The van der Waals surface area contributed by atoms with Gasteiger partial charge in [-0.2, -0.15) is 0 Å². The zero-order valence-electron chi connectivity index (χ0n) is 13.9. The van der Waals surface area contributed by atoms with Crippen LogP contribution < -0.4 is 5.32 Å². The van der Waals surface area contributed by atoms with E-state index in [2.05, 4.69) is 22.4 Å². The van der Waals surface area contributed by atoms with Gasteiger partial charge >= 0.3 is 0 Å². The predicted molar refractivity (Wildman–Crippen MR) is 99.0 cm³/mol. The normalized spacial score (nSPS) is 12.1. The smallest absolute Gasteiger partial charge is 0.123 e. The molecule has 2 aromatic carbocycles. The van der Waals surface area contributed by atoms with Gasteiger partial charge in [0.15, 0.2) is 0 Å². The molecule has 0 fully saturated rings. The first kappa shape index (κ1) is 17.6. The van der Waals surface area contributed by atoms with Crippen LogP contribution in [0.15, 0.2) is 72.9 Å². The van der Waals surface area contributed by atoms with Gasteiger partial charge in [-0.25, -0.2) is 4.39 Å². The summed E-state index contributed by atoms with van der Waals surface area (Å²) in [6.07, 6.45) is 2.78. The summed E-state index contributed by atoms with van der Waals surface area (Å²) in [4.78, 5) is 4.34. The van der Waals surface area contributed by atoms with Gasteiger partial charge in [0.25, 0.3) is 0 Å². The van der Waals surface area contributed by atoms with E-state index in [1.807, 2.05) is 48.7 Å². The molecule has 128 valence electrons. The van der Waals surface area contributed by atoms with Gasteiger partial charge < -0.3 is 5.32 Å². The number of rotatable bonds is 7. The lowest BCUT2D eigenvalue weighted by molar-refractivity contribution is -0.671. The quantitative estimate of drug-likeness (QED) is 0.633. The summed E-state index contributed by atoms with van der Waals surface area (Å²) in [5, 5.41) is 2.98. The molecule has 0 aliphatic heterocycles. The van der Waals surface area contributed by atoms with Gasteiger partial charge in [-0.1, -0.05) is 41.9 Å².